The van der Waals surface area contributed by atoms with Gasteiger partial charge in [-0.05, 0) is 47.2 Å². The summed E-state index contributed by atoms with van der Waals surface area (Å²) in [5.41, 5.74) is 0.833. The lowest BCUT2D eigenvalue weighted by Gasteiger charge is -1.98. The van der Waals surface area contributed by atoms with Crippen molar-refractivity contribution in [1.29, 1.82) is 0 Å². The summed E-state index contributed by atoms with van der Waals surface area (Å²) in [7, 11) is 0. The Bertz CT molecular complexity index is 516. The number of benzene rings is 1. The van der Waals surface area contributed by atoms with Gasteiger partial charge in [-0.2, -0.15) is 0 Å². The average molecular weight is 383 g/mol. The number of hydrogen-bond donors (Lipinski definition) is 0. The predicted octanol–water partition coefficient (Wildman–Crippen LogP) is 4.17. The van der Waals surface area contributed by atoms with Gasteiger partial charge < -0.3 is 4.42 Å². The number of alkyl halides is 1. The van der Waals surface area contributed by atoms with Crippen LogP contribution in [0.4, 0.5) is 0 Å². The Balaban J connectivity index is 2.21. The molecule has 0 unspecified atom stereocenters. The van der Waals surface area contributed by atoms with E-state index in [1.807, 2.05) is 18.2 Å². The van der Waals surface area contributed by atoms with Crippen molar-refractivity contribution in [3.63, 3.8) is 0 Å². The van der Waals surface area contributed by atoms with Crippen LogP contribution in [0.3, 0.4) is 0 Å². The summed E-state index contributed by atoms with van der Waals surface area (Å²) in [5.74, 6) is 1.69. The van der Waals surface area contributed by atoms with Crippen molar-refractivity contribution in [2.24, 2.45) is 0 Å². The summed E-state index contributed by atoms with van der Waals surface area (Å²) < 4.78 is 6.52. The molecular formula is C11H9Cl2IN2O. The molecule has 0 bridgehead atoms. The molecule has 1 aromatic carbocycles. The van der Waals surface area contributed by atoms with Crippen LogP contribution in [0.15, 0.2) is 22.6 Å². The van der Waals surface area contributed by atoms with Crippen molar-refractivity contribution >= 4 is 45.8 Å². The maximum atomic E-state index is 6.04. The lowest BCUT2D eigenvalue weighted by molar-refractivity contribution is 0.502. The van der Waals surface area contributed by atoms with Gasteiger partial charge in [0.05, 0.1) is 5.02 Å². The lowest BCUT2D eigenvalue weighted by Crippen LogP contribution is -1.85. The van der Waals surface area contributed by atoms with Gasteiger partial charge >= 0.3 is 0 Å². The first-order valence-electron chi connectivity index (χ1n) is 5.04. The Morgan fingerprint density at radius 2 is 2.12 bits per heavy atom. The molecule has 2 rings (SSSR count). The number of hydrogen-bond acceptors (Lipinski definition) is 3. The molecule has 0 atom stereocenters. The van der Waals surface area contributed by atoms with Crippen molar-refractivity contribution in [2.75, 3.05) is 5.88 Å². The number of halogens is 3. The fourth-order valence-electron chi connectivity index (χ4n) is 1.32. The Kier molecular flexibility index (Phi) is 4.64. The van der Waals surface area contributed by atoms with Crippen LogP contribution >= 0.6 is 45.8 Å². The van der Waals surface area contributed by atoms with Gasteiger partial charge in [-0.25, -0.2) is 0 Å². The van der Waals surface area contributed by atoms with Crippen molar-refractivity contribution in [2.45, 2.75) is 12.8 Å². The lowest BCUT2D eigenvalue weighted by atomic mass is 10.2. The molecule has 0 fully saturated rings. The first-order valence-corrected chi connectivity index (χ1v) is 7.03. The van der Waals surface area contributed by atoms with E-state index in [4.69, 9.17) is 27.6 Å². The standard InChI is InChI=1S/C11H9Cl2IN2O/c12-5-1-2-10-15-16-11(17-10)7-3-4-9(14)8(13)6-7/h3-4,6H,1-2,5H2. The molecule has 17 heavy (non-hydrogen) atoms. The van der Waals surface area contributed by atoms with Crippen LogP contribution in [-0.2, 0) is 6.42 Å². The minimum atomic E-state index is 0.493. The van der Waals surface area contributed by atoms with Crippen LogP contribution in [0.2, 0.25) is 5.02 Å². The Hall–Kier alpha value is -0.330. The molecule has 0 spiro atoms. The zero-order valence-electron chi connectivity index (χ0n) is 8.79. The quantitative estimate of drug-likeness (QED) is 0.588. The molecule has 0 radical (unpaired) electrons. The number of rotatable bonds is 4. The summed E-state index contributed by atoms with van der Waals surface area (Å²) >= 11 is 13.8. The molecule has 0 saturated carbocycles. The highest BCUT2D eigenvalue weighted by Crippen LogP contribution is 2.25. The molecule has 0 amide bonds. The second-order valence-corrected chi connectivity index (χ2v) is 5.37. The van der Waals surface area contributed by atoms with E-state index in [2.05, 4.69) is 32.8 Å². The van der Waals surface area contributed by atoms with Gasteiger partial charge in [0.15, 0.2) is 0 Å². The second-order valence-electron chi connectivity index (χ2n) is 3.42. The SMILES string of the molecule is ClCCCc1nnc(-c2ccc(I)c(Cl)c2)o1. The fraction of sp³-hybridized carbons (Fsp3) is 0.273. The molecule has 2 aromatic rings. The van der Waals surface area contributed by atoms with Crippen molar-refractivity contribution in [1.82, 2.24) is 10.2 Å². The predicted molar refractivity (Wildman–Crippen MR) is 76.5 cm³/mol. The molecule has 90 valence electrons. The molecule has 6 heteroatoms. The summed E-state index contributed by atoms with van der Waals surface area (Å²) in [6.45, 7) is 0. The van der Waals surface area contributed by atoms with E-state index in [9.17, 15) is 0 Å². The van der Waals surface area contributed by atoms with E-state index in [1.165, 1.54) is 0 Å². The molecule has 3 nitrogen and oxygen atoms in total. The molecule has 1 aromatic heterocycles. The summed E-state index contributed by atoms with van der Waals surface area (Å²) in [5, 5.41) is 8.64. The normalized spacial score (nSPS) is 10.8. The van der Waals surface area contributed by atoms with Gasteiger partial charge in [0, 0.05) is 21.4 Å². The highest BCUT2D eigenvalue weighted by atomic mass is 127. The summed E-state index contributed by atoms with van der Waals surface area (Å²) in [6, 6.07) is 5.65. The van der Waals surface area contributed by atoms with Crippen LogP contribution < -0.4 is 0 Å². The first-order chi connectivity index (χ1) is 8.20. The maximum Gasteiger partial charge on any atom is 0.247 e. The minimum Gasteiger partial charge on any atom is -0.421 e. The Morgan fingerprint density at radius 1 is 1.29 bits per heavy atom. The van der Waals surface area contributed by atoms with E-state index in [0.29, 0.717) is 29.1 Å². The maximum absolute atomic E-state index is 6.04. The molecule has 0 N–H and O–H groups in total. The Morgan fingerprint density at radius 3 is 2.82 bits per heavy atom. The third-order valence-corrected chi connectivity index (χ3v) is 4.00. The largest absolute Gasteiger partial charge is 0.421 e. The van der Waals surface area contributed by atoms with Crippen LogP contribution in [0.1, 0.15) is 12.3 Å². The zero-order chi connectivity index (χ0) is 12.3. The van der Waals surface area contributed by atoms with Crippen LogP contribution in [0.5, 0.6) is 0 Å². The average Bonchev–Trinajstić information content (AvgIpc) is 2.79. The van der Waals surface area contributed by atoms with E-state index >= 15 is 0 Å². The topological polar surface area (TPSA) is 38.9 Å². The van der Waals surface area contributed by atoms with Crippen molar-refractivity contribution < 1.29 is 4.42 Å². The number of aryl methyl sites for hydroxylation is 1. The van der Waals surface area contributed by atoms with Gasteiger partial charge in [-0.15, -0.1) is 21.8 Å². The molecule has 0 saturated heterocycles. The van der Waals surface area contributed by atoms with E-state index in [0.717, 1.165) is 15.6 Å². The number of aromatic nitrogens is 2. The van der Waals surface area contributed by atoms with Crippen molar-refractivity contribution in [3.8, 4) is 11.5 Å². The first kappa shape index (κ1) is 13.1. The molecular weight excluding hydrogens is 374 g/mol. The molecule has 0 aliphatic heterocycles. The third kappa shape index (κ3) is 3.33. The molecule has 0 aliphatic carbocycles. The smallest absolute Gasteiger partial charge is 0.247 e. The second kappa shape index (κ2) is 6.02. The van der Waals surface area contributed by atoms with E-state index in [1.54, 1.807) is 0 Å². The van der Waals surface area contributed by atoms with Gasteiger partial charge in [0.25, 0.3) is 0 Å². The summed E-state index contributed by atoms with van der Waals surface area (Å²) in [6.07, 6.45) is 1.53. The van der Waals surface area contributed by atoms with Crippen LogP contribution in [0.25, 0.3) is 11.5 Å². The van der Waals surface area contributed by atoms with Gasteiger partial charge in [0.2, 0.25) is 11.8 Å². The minimum absolute atomic E-state index is 0.493. The van der Waals surface area contributed by atoms with E-state index in [-0.39, 0.29) is 0 Å². The van der Waals surface area contributed by atoms with Gasteiger partial charge in [-0.3, -0.25) is 0 Å². The van der Waals surface area contributed by atoms with Crippen LogP contribution in [0, 0.1) is 3.57 Å². The molecule has 1 heterocycles. The fourth-order valence-corrected chi connectivity index (χ4v) is 1.97. The summed E-state index contributed by atoms with van der Waals surface area (Å²) in [4.78, 5) is 0. The van der Waals surface area contributed by atoms with E-state index < -0.39 is 0 Å². The van der Waals surface area contributed by atoms with Crippen molar-refractivity contribution in [3.05, 3.63) is 32.7 Å². The number of nitrogens with zero attached hydrogens (tertiary/aromatic N) is 2. The van der Waals surface area contributed by atoms with Gasteiger partial charge in [-0.1, -0.05) is 11.6 Å². The molecule has 0 aliphatic rings. The third-order valence-electron chi connectivity index (χ3n) is 2.16. The highest BCUT2D eigenvalue weighted by Gasteiger charge is 2.09. The monoisotopic (exact) mass is 382 g/mol. The zero-order valence-corrected chi connectivity index (χ0v) is 12.5. The Labute approximate surface area is 123 Å². The highest BCUT2D eigenvalue weighted by molar-refractivity contribution is 14.1. The van der Waals surface area contributed by atoms with Crippen LogP contribution in [-0.4, -0.2) is 16.1 Å². The van der Waals surface area contributed by atoms with Gasteiger partial charge in [0.1, 0.15) is 0 Å².